The standard InChI is InChI=1S/C14H14ClN3O3/c15-8-1-4-11-10(5-8)14(21)17-12(16-11)6-18(7-13(19)20)9-2-3-9/h1,4-5,9H,2-3,6-7H2,(H,19,20)(H,16,17,21). The minimum absolute atomic E-state index is 0.0486. The van der Waals surface area contributed by atoms with Gasteiger partial charge in [-0.1, -0.05) is 11.6 Å². The van der Waals surface area contributed by atoms with Gasteiger partial charge >= 0.3 is 5.97 Å². The van der Waals surface area contributed by atoms with E-state index in [9.17, 15) is 9.59 Å². The average molecular weight is 308 g/mol. The van der Waals surface area contributed by atoms with E-state index in [1.165, 1.54) is 0 Å². The maximum absolute atomic E-state index is 12.1. The van der Waals surface area contributed by atoms with Crippen LogP contribution in [-0.4, -0.2) is 38.5 Å². The number of hydrogen-bond acceptors (Lipinski definition) is 4. The molecule has 0 amide bonds. The summed E-state index contributed by atoms with van der Waals surface area (Å²) in [7, 11) is 0. The third kappa shape index (κ3) is 3.22. The lowest BCUT2D eigenvalue weighted by molar-refractivity contribution is -0.138. The summed E-state index contributed by atoms with van der Waals surface area (Å²) in [6.07, 6.45) is 1.97. The molecule has 2 aromatic rings. The van der Waals surface area contributed by atoms with E-state index in [1.807, 2.05) is 4.90 Å². The van der Waals surface area contributed by atoms with Crippen molar-refractivity contribution >= 4 is 28.5 Å². The first-order chi connectivity index (χ1) is 10.0. The van der Waals surface area contributed by atoms with Crippen LogP contribution in [-0.2, 0) is 11.3 Å². The van der Waals surface area contributed by atoms with E-state index in [2.05, 4.69) is 9.97 Å². The average Bonchev–Trinajstić information content (AvgIpc) is 3.23. The van der Waals surface area contributed by atoms with Crippen molar-refractivity contribution in [1.29, 1.82) is 0 Å². The van der Waals surface area contributed by atoms with Gasteiger partial charge in [0.05, 0.1) is 24.0 Å². The Hall–Kier alpha value is -1.92. The number of aliphatic carboxylic acids is 1. The largest absolute Gasteiger partial charge is 0.480 e. The molecule has 2 N–H and O–H groups in total. The molecule has 1 heterocycles. The van der Waals surface area contributed by atoms with Crippen molar-refractivity contribution in [1.82, 2.24) is 14.9 Å². The predicted octanol–water partition coefficient (Wildman–Crippen LogP) is 1.63. The molecule has 0 radical (unpaired) electrons. The van der Waals surface area contributed by atoms with Crippen LogP contribution in [0.2, 0.25) is 5.02 Å². The summed E-state index contributed by atoms with van der Waals surface area (Å²) in [6, 6.07) is 5.21. The maximum atomic E-state index is 12.1. The normalized spacial score (nSPS) is 14.8. The lowest BCUT2D eigenvalue weighted by atomic mass is 10.2. The molecule has 110 valence electrons. The van der Waals surface area contributed by atoms with Crippen molar-refractivity contribution < 1.29 is 9.90 Å². The molecule has 0 bridgehead atoms. The summed E-state index contributed by atoms with van der Waals surface area (Å²) in [6.45, 7) is 0.276. The summed E-state index contributed by atoms with van der Waals surface area (Å²) < 4.78 is 0. The second-order valence-corrected chi connectivity index (χ2v) is 5.64. The number of aromatic nitrogens is 2. The highest BCUT2D eigenvalue weighted by molar-refractivity contribution is 6.31. The Bertz CT molecular complexity index is 755. The van der Waals surface area contributed by atoms with E-state index in [1.54, 1.807) is 18.2 Å². The smallest absolute Gasteiger partial charge is 0.317 e. The van der Waals surface area contributed by atoms with Crippen molar-refractivity contribution in [2.24, 2.45) is 0 Å². The van der Waals surface area contributed by atoms with Gasteiger partial charge < -0.3 is 10.1 Å². The van der Waals surface area contributed by atoms with Gasteiger partial charge in [0.1, 0.15) is 5.82 Å². The van der Waals surface area contributed by atoms with Gasteiger partial charge in [-0.15, -0.1) is 0 Å². The van der Waals surface area contributed by atoms with Gasteiger partial charge in [0.25, 0.3) is 5.56 Å². The van der Waals surface area contributed by atoms with E-state index >= 15 is 0 Å². The molecule has 0 unspecified atom stereocenters. The number of rotatable bonds is 5. The fourth-order valence-electron chi connectivity index (χ4n) is 2.35. The van der Waals surface area contributed by atoms with Crippen LogP contribution in [0.1, 0.15) is 18.7 Å². The summed E-state index contributed by atoms with van der Waals surface area (Å²) in [4.78, 5) is 31.9. The van der Waals surface area contributed by atoms with Crippen LogP contribution in [0.3, 0.4) is 0 Å². The lowest BCUT2D eigenvalue weighted by Gasteiger charge is -2.18. The van der Waals surface area contributed by atoms with Crippen molar-refractivity contribution in [3.8, 4) is 0 Å². The number of fused-ring (bicyclic) bond motifs is 1. The second-order valence-electron chi connectivity index (χ2n) is 5.20. The highest BCUT2D eigenvalue weighted by atomic mass is 35.5. The van der Waals surface area contributed by atoms with Crippen LogP contribution in [0, 0.1) is 0 Å². The number of hydrogen-bond donors (Lipinski definition) is 2. The highest BCUT2D eigenvalue weighted by Crippen LogP contribution is 2.27. The zero-order valence-electron chi connectivity index (χ0n) is 11.2. The molecule has 6 nitrogen and oxygen atoms in total. The molecule has 0 aliphatic heterocycles. The first-order valence-corrected chi connectivity index (χ1v) is 7.05. The maximum Gasteiger partial charge on any atom is 0.317 e. The molecular weight excluding hydrogens is 294 g/mol. The molecular formula is C14H14ClN3O3. The first kappa shape index (κ1) is 14.0. The Morgan fingerprint density at radius 2 is 2.24 bits per heavy atom. The van der Waals surface area contributed by atoms with Crippen LogP contribution in [0.25, 0.3) is 10.9 Å². The molecule has 1 aromatic heterocycles. The fourth-order valence-corrected chi connectivity index (χ4v) is 2.53. The van der Waals surface area contributed by atoms with Crippen LogP contribution in [0.4, 0.5) is 0 Å². The lowest BCUT2D eigenvalue weighted by Crippen LogP contribution is -2.32. The molecule has 0 spiro atoms. The van der Waals surface area contributed by atoms with E-state index in [0.717, 1.165) is 12.8 Å². The number of halogens is 1. The molecule has 0 saturated heterocycles. The fraction of sp³-hybridized carbons (Fsp3) is 0.357. The van der Waals surface area contributed by atoms with E-state index < -0.39 is 5.97 Å². The molecule has 0 atom stereocenters. The Morgan fingerprint density at radius 3 is 2.90 bits per heavy atom. The Balaban J connectivity index is 1.91. The molecule has 1 aliphatic rings. The molecule has 1 aromatic carbocycles. The van der Waals surface area contributed by atoms with Crippen molar-refractivity contribution in [3.05, 3.63) is 39.4 Å². The number of benzene rings is 1. The molecule has 1 saturated carbocycles. The monoisotopic (exact) mass is 307 g/mol. The molecule has 3 rings (SSSR count). The molecule has 7 heteroatoms. The summed E-state index contributed by atoms with van der Waals surface area (Å²) >= 11 is 5.87. The van der Waals surface area contributed by atoms with E-state index in [-0.39, 0.29) is 18.1 Å². The zero-order chi connectivity index (χ0) is 15.0. The predicted molar refractivity (Wildman–Crippen MR) is 78.4 cm³/mol. The topological polar surface area (TPSA) is 86.3 Å². The van der Waals surface area contributed by atoms with Crippen molar-refractivity contribution in [3.63, 3.8) is 0 Å². The second kappa shape index (κ2) is 5.46. The van der Waals surface area contributed by atoms with Crippen molar-refractivity contribution in [2.45, 2.75) is 25.4 Å². The SMILES string of the molecule is O=C(O)CN(Cc1nc2ccc(Cl)cc2c(=O)[nH]1)C1CC1. The van der Waals surface area contributed by atoms with Gasteiger partial charge in [-0.05, 0) is 31.0 Å². The first-order valence-electron chi connectivity index (χ1n) is 6.67. The number of aromatic amines is 1. The Morgan fingerprint density at radius 1 is 1.48 bits per heavy atom. The number of nitrogens with zero attached hydrogens (tertiary/aromatic N) is 2. The number of H-pyrrole nitrogens is 1. The minimum Gasteiger partial charge on any atom is -0.480 e. The van der Waals surface area contributed by atoms with Gasteiger partial charge in [-0.3, -0.25) is 14.5 Å². The van der Waals surface area contributed by atoms with Crippen LogP contribution in [0.5, 0.6) is 0 Å². The van der Waals surface area contributed by atoms with Gasteiger partial charge in [-0.25, -0.2) is 4.98 Å². The van der Waals surface area contributed by atoms with Gasteiger partial charge in [-0.2, -0.15) is 0 Å². The number of carbonyl (C=O) groups is 1. The Kier molecular flexibility index (Phi) is 3.65. The third-order valence-corrected chi connectivity index (χ3v) is 3.71. The summed E-state index contributed by atoms with van der Waals surface area (Å²) in [5.41, 5.74) is 0.299. The number of carboxylic acid groups (broad SMARTS) is 1. The van der Waals surface area contributed by atoms with E-state index in [0.29, 0.717) is 28.3 Å². The number of carboxylic acids is 1. The number of nitrogens with one attached hydrogen (secondary N) is 1. The zero-order valence-corrected chi connectivity index (χ0v) is 11.9. The van der Waals surface area contributed by atoms with Crippen LogP contribution in [0.15, 0.2) is 23.0 Å². The van der Waals surface area contributed by atoms with Gasteiger partial charge in [0.2, 0.25) is 0 Å². The molecule has 1 aliphatic carbocycles. The molecule has 21 heavy (non-hydrogen) atoms. The molecule has 1 fully saturated rings. The quantitative estimate of drug-likeness (QED) is 0.876. The van der Waals surface area contributed by atoms with Crippen LogP contribution >= 0.6 is 11.6 Å². The van der Waals surface area contributed by atoms with Gasteiger partial charge in [0, 0.05) is 11.1 Å². The summed E-state index contributed by atoms with van der Waals surface area (Å²) in [5, 5.41) is 9.86. The highest BCUT2D eigenvalue weighted by Gasteiger charge is 2.30. The van der Waals surface area contributed by atoms with E-state index in [4.69, 9.17) is 16.7 Å². The summed E-state index contributed by atoms with van der Waals surface area (Å²) in [5.74, 6) is -0.403. The minimum atomic E-state index is -0.878. The third-order valence-electron chi connectivity index (χ3n) is 3.47. The van der Waals surface area contributed by atoms with Crippen molar-refractivity contribution in [2.75, 3.05) is 6.54 Å². The van der Waals surface area contributed by atoms with Crippen LogP contribution < -0.4 is 5.56 Å². The van der Waals surface area contributed by atoms with Gasteiger partial charge in [0.15, 0.2) is 0 Å². The Labute approximate surface area is 125 Å².